The number of carbonyl (C=O) groups is 2. The summed E-state index contributed by atoms with van der Waals surface area (Å²) in [5.41, 5.74) is 1.05. The minimum absolute atomic E-state index is 0.0494. The summed E-state index contributed by atoms with van der Waals surface area (Å²) in [6, 6.07) is 9.88. The van der Waals surface area contributed by atoms with Crippen LogP contribution in [0, 0.1) is 0 Å². The van der Waals surface area contributed by atoms with Gasteiger partial charge in [-0.3, -0.25) is 9.59 Å². The number of esters is 2. The lowest BCUT2D eigenvalue weighted by Gasteiger charge is -2.18. The first-order chi connectivity index (χ1) is 18.2. The molecule has 37 heavy (non-hydrogen) atoms. The molecule has 0 N–H and O–H groups in total. The Morgan fingerprint density at radius 1 is 0.622 bits per heavy atom. The number of hydrogen-bond acceptors (Lipinski definition) is 5. The highest BCUT2D eigenvalue weighted by atomic mass is 16.6. The second-order valence-corrected chi connectivity index (χ2v) is 10.2. The van der Waals surface area contributed by atoms with Crippen molar-refractivity contribution >= 4 is 11.9 Å². The van der Waals surface area contributed by atoms with E-state index < -0.39 is 6.10 Å². The van der Waals surface area contributed by atoms with E-state index in [2.05, 4.69) is 13.8 Å². The predicted molar refractivity (Wildman–Crippen MR) is 151 cm³/mol. The summed E-state index contributed by atoms with van der Waals surface area (Å²) in [5, 5.41) is 0. The summed E-state index contributed by atoms with van der Waals surface area (Å²) in [4.78, 5) is 24.7. The van der Waals surface area contributed by atoms with E-state index >= 15 is 0 Å². The quantitative estimate of drug-likeness (QED) is 0.0956. The lowest BCUT2D eigenvalue weighted by molar-refractivity contribution is -0.163. The van der Waals surface area contributed by atoms with Crippen molar-refractivity contribution in [2.45, 2.75) is 142 Å². The van der Waals surface area contributed by atoms with Gasteiger partial charge in [0, 0.05) is 12.8 Å². The van der Waals surface area contributed by atoms with Crippen molar-refractivity contribution in [1.82, 2.24) is 0 Å². The highest BCUT2D eigenvalue weighted by molar-refractivity contribution is 5.70. The van der Waals surface area contributed by atoms with Gasteiger partial charge in [-0.05, 0) is 18.4 Å². The van der Waals surface area contributed by atoms with Gasteiger partial charge >= 0.3 is 11.9 Å². The molecule has 0 fully saturated rings. The van der Waals surface area contributed by atoms with E-state index in [4.69, 9.17) is 14.2 Å². The van der Waals surface area contributed by atoms with Gasteiger partial charge in [-0.2, -0.15) is 0 Å². The molecule has 0 unspecified atom stereocenters. The smallest absolute Gasteiger partial charge is 0.306 e. The summed E-state index contributed by atoms with van der Waals surface area (Å²) in [6.07, 6.45) is 19.2. The topological polar surface area (TPSA) is 61.8 Å². The maximum absolute atomic E-state index is 12.4. The molecule has 0 heterocycles. The molecule has 0 aromatic heterocycles. The first kappa shape index (κ1) is 33.1. The summed E-state index contributed by atoms with van der Waals surface area (Å²) >= 11 is 0. The molecule has 0 saturated carbocycles. The van der Waals surface area contributed by atoms with Crippen molar-refractivity contribution in [1.29, 1.82) is 0 Å². The van der Waals surface area contributed by atoms with Gasteiger partial charge in [0.1, 0.15) is 6.61 Å². The monoisotopic (exact) mass is 518 g/mol. The van der Waals surface area contributed by atoms with Crippen molar-refractivity contribution in [3.05, 3.63) is 35.9 Å². The summed E-state index contributed by atoms with van der Waals surface area (Å²) in [5.74, 6) is -0.461. The van der Waals surface area contributed by atoms with Gasteiger partial charge in [-0.1, -0.05) is 134 Å². The van der Waals surface area contributed by atoms with Gasteiger partial charge in [0.25, 0.3) is 0 Å². The molecule has 0 aliphatic heterocycles. The van der Waals surface area contributed by atoms with Crippen molar-refractivity contribution < 1.29 is 23.8 Å². The van der Waals surface area contributed by atoms with E-state index in [1.807, 2.05) is 30.3 Å². The maximum atomic E-state index is 12.4. The number of ether oxygens (including phenoxy) is 3. The molecule has 1 aromatic rings. The second kappa shape index (κ2) is 24.5. The van der Waals surface area contributed by atoms with E-state index in [-0.39, 0.29) is 25.2 Å². The second-order valence-electron chi connectivity index (χ2n) is 10.2. The summed E-state index contributed by atoms with van der Waals surface area (Å²) < 4.78 is 16.9. The zero-order valence-corrected chi connectivity index (χ0v) is 23.9. The van der Waals surface area contributed by atoms with Gasteiger partial charge in [-0.25, -0.2) is 0 Å². The van der Waals surface area contributed by atoms with Crippen LogP contribution in [0.2, 0.25) is 0 Å². The molecule has 0 radical (unpaired) electrons. The third-order valence-corrected chi connectivity index (χ3v) is 6.61. The molecule has 0 amide bonds. The fraction of sp³-hybridized carbons (Fsp3) is 0.750. The molecule has 1 atom stereocenters. The van der Waals surface area contributed by atoms with Gasteiger partial charge in [0.2, 0.25) is 0 Å². The molecule has 1 aromatic carbocycles. The van der Waals surface area contributed by atoms with E-state index in [1.54, 1.807) is 0 Å². The molecule has 0 spiro atoms. The fourth-order valence-electron chi connectivity index (χ4n) is 4.31. The Labute approximate surface area is 227 Å². The molecule has 1 rings (SSSR count). The van der Waals surface area contributed by atoms with Crippen molar-refractivity contribution in [2.75, 3.05) is 13.2 Å². The Hall–Kier alpha value is -1.88. The van der Waals surface area contributed by atoms with Crippen LogP contribution in [0.15, 0.2) is 30.3 Å². The average Bonchev–Trinajstić information content (AvgIpc) is 2.90. The highest BCUT2D eigenvalue weighted by Crippen LogP contribution is 2.12. The summed E-state index contributed by atoms with van der Waals surface area (Å²) in [6.45, 7) is 5.14. The Balaban J connectivity index is 2.29. The van der Waals surface area contributed by atoms with Gasteiger partial charge in [0.05, 0.1) is 13.2 Å². The van der Waals surface area contributed by atoms with Crippen LogP contribution in [0.4, 0.5) is 0 Å². The molecule has 212 valence electrons. The third kappa shape index (κ3) is 20.8. The predicted octanol–water partition coefficient (Wildman–Crippen LogP) is 8.72. The van der Waals surface area contributed by atoms with Crippen LogP contribution in [-0.4, -0.2) is 31.3 Å². The number of rotatable bonds is 25. The molecule has 0 saturated heterocycles. The van der Waals surface area contributed by atoms with Gasteiger partial charge < -0.3 is 14.2 Å². The van der Waals surface area contributed by atoms with Crippen LogP contribution in [-0.2, 0) is 30.4 Å². The zero-order chi connectivity index (χ0) is 26.8. The number of carbonyl (C=O) groups excluding carboxylic acids is 2. The zero-order valence-electron chi connectivity index (χ0n) is 23.9. The van der Waals surface area contributed by atoms with Crippen molar-refractivity contribution in [2.24, 2.45) is 0 Å². The van der Waals surface area contributed by atoms with Gasteiger partial charge in [-0.15, -0.1) is 0 Å². The molecular weight excluding hydrogens is 464 g/mol. The Kier molecular flexibility index (Phi) is 21.9. The largest absolute Gasteiger partial charge is 0.462 e. The minimum Gasteiger partial charge on any atom is -0.462 e. The fourth-order valence-corrected chi connectivity index (χ4v) is 4.31. The minimum atomic E-state index is -0.576. The molecule has 0 bridgehead atoms. The van der Waals surface area contributed by atoms with Gasteiger partial charge in [0.15, 0.2) is 6.10 Å². The molecule has 0 aliphatic carbocycles. The molecule has 5 nitrogen and oxygen atoms in total. The van der Waals surface area contributed by atoms with Crippen LogP contribution in [0.1, 0.15) is 135 Å². The number of hydrogen-bond donors (Lipinski definition) is 0. The van der Waals surface area contributed by atoms with E-state index in [1.165, 1.54) is 70.6 Å². The van der Waals surface area contributed by atoms with E-state index in [0.717, 1.165) is 37.7 Å². The lowest BCUT2D eigenvalue weighted by atomic mass is 10.1. The normalized spacial score (nSPS) is 11.8. The van der Waals surface area contributed by atoms with E-state index in [9.17, 15) is 9.59 Å². The van der Waals surface area contributed by atoms with E-state index in [0.29, 0.717) is 19.4 Å². The van der Waals surface area contributed by atoms with Crippen LogP contribution >= 0.6 is 0 Å². The molecule has 5 heteroatoms. The Morgan fingerprint density at radius 3 is 1.65 bits per heavy atom. The van der Waals surface area contributed by atoms with Crippen LogP contribution in [0.5, 0.6) is 0 Å². The first-order valence-corrected chi connectivity index (χ1v) is 15.1. The average molecular weight is 519 g/mol. The van der Waals surface area contributed by atoms with Crippen LogP contribution < -0.4 is 0 Å². The molecular formula is C32H54O5. The number of benzene rings is 1. The number of unbranched alkanes of at least 4 members (excludes halogenated alkanes) is 14. The Morgan fingerprint density at radius 2 is 1.11 bits per heavy atom. The van der Waals surface area contributed by atoms with Crippen molar-refractivity contribution in [3.8, 4) is 0 Å². The van der Waals surface area contributed by atoms with Crippen molar-refractivity contribution in [3.63, 3.8) is 0 Å². The lowest BCUT2D eigenvalue weighted by Crippen LogP contribution is -2.29. The Bertz CT molecular complexity index is 660. The summed E-state index contributed by atoms with van der Waals surface area (Å²) in [7, 11) is 0. The maximum Gasteiger partial charge on any atom is 0.306 e. The molecule has 0 aliphatic rings. The standard InChI is InChI=1S/C32H54O5/c1-3-5-7-9-11-13-15-20-24-31(33)36-28-30(27-35-26-29-22-18-17-19-23-29)37-32(34)25-21-16-14-12-10-8-6-4-2/h17-19,22-23,30H,3-16,20-21,24-28H2,1-2H3/t30-/m0/s1. The van der Waals surface area contributed by atoms with Crippen LogP contribution in [0.25, 0.3) is 0 Å². The first-order valence-electron chi connectivity index (χ1n) is 15.1. The van der Waals surface area contributed by atoms with Crippen LogP contribution in [0.3, 0.4) is 0 Å². The highest BCUT2D eigenvalue weighted by Gasteiger charge is 2.17. The SMILES string of the molecule is CCCCCCCCCCC(=O)OC[C@H](COCc1ccccc1)OC(=O)CCCCCCCCCC. The third-order valence-electron chi connectivity index (χ3n) is 6.61.